The van der Waals surface area contributed by atoms with Crippen molar-refractivity contribution in [2.45, 2.75) is 72.6 Å². The van der Waals surface area contributed by atoms with E-state index < -0.39 is 11.9 Å². The van der Waals surface area contributed by atoms with Gasteiger partial charge in [0, 0.05) is 12.1 Å². The molecule has 0 bridgehead atoms. The number of aliphatic hydroxyl groups excluding tert-OH is 1. The number of cyclic esters (lactones) is 1. The predicted octanol–water partition coefficient (Wildman–Crippen LogP) is 5.37. The maximum absolute atomic E-state index is 12.1. The molecule has 0 spiro atoms. The van der Waals surface area contributed by atoms with E-state index in [1.165, 1.54) is 16.0 Å². The number of ether oxygens (including phenoxy) is 1. The highest BCUT2D eigenvalue weighted by molar-refractivity contribution is 5.97. The van der Waals surface area contributed by atoms with Crippen LogP contribution in [0.2, 0.25) is 0 Å². The molecular weight excluding hydrogens is 434 g/mol. The van der Waals surface area contributed by atoms with Crippen molar-refractivity contribution >= 4 is 17.8 Å². The topological polar surface area (TPSA) is 104 Å². The highest BCUT2D eigenvalue weighted by Crippen LogP contribution is 2.26. The number of aliphatic carboxylic acids is 1. The normalized spacial score (nSPS) is 19.2. The Labute approximate surface area is 202 Å². The van der Waals surface area contributed by atoms with Gasteiger partial charge in [0.2, 0.25) is 5.91 Å². The van der Waals surface area contributed by atoms with Crippen molar-refractivity contribution < 1.29 is 29.3 Å². The SMILES string of the molecule is CC(=CCC/C(C)=C/CCC1=CCN(CC(=O)O)C1=O)CCC[C@H](C)/C=C1\OC(=O)C(C)=C1O. The summed E-state index contributed by atoms with van der Waals surface area (Å²) in [7, 11) is 0. The number of aliphatic hydroxyl groups is 1. The van der Waals surface area contributed by atoms with Crippen LogP contribution in [0, 0.1) is 5.92 Å². The number of esters is 1. The number of hydrogen-bond donors (Lipinski definition) is 2. The first kappa shape index (κ1) is 27.2. The molecule has 0 unspecified atom stereocenters. The van der Waals surface area contributed by atoms with Crippen molar-refractivity contribution in [3.05, 3.63) is 58.1 Å². The summed E-state index contributed by atoms with van der Waals surface area (Å²) in [5.74, 6) is -1.21. The number of amides is 1. The van der Waals surface area contributed by atoms with Gasteiger partial charge in [-0.25, -0.2) is 4.79 Å². The molecule has 7 nitrogen and oxygen atoms in total. The monoisotopic (exact) mass is 471 g/mol. The third-order valence-corrected chi connectivity index (χ3v) is 6.15. The van der Waals surface area contributed by atoms with Gasteiger partial charge in [0.1, 0.15) is 6.54 Å². The summed E-state index contributed by atoms with van der Waals surface area (Å²) in [4.78, 5) is 35.8. The van der Waals surface area contributed by atoms with Gasteiger partial charge in [0.25, 0.3) is 0 Å². The second-order valence-electron chi connectivity index (χ2n) is 9.25. The van der Waals surface area contributed by atoms with E-state index in [2.05, 4.69) is 26.0 Å². The lowest BCUT2D eigenvalue weighted by atomic mass is 9.99. The molecule has 7 heteroatoms. The maximum Gasteiger partial charge on any atom is 0.343 e. The molecule has 2 N–H and O–H groups in total. The van der Waals surface area contributed by atoms with E-state index in [4.69, 9.17) is 9.84 Å². The van der Waals surface area contributed by atoms with Gasteiger partial charge in [-0.15, -0.1) is 0 Å². The van der Waals surface area contributed by atoms with Gasteiger partial charge in [0.05, 0.1) is 5.57 Å². The standard InChI is InChI=1S/C27H37NO6/c1-18(10-6-12-20(3)16-23-25(31)21(4)27(33)34-23)8-5-9-19(2)11-7-13-22-14-15-28(26(22)32)17-24(29)30/h8,11,14,16,20,31H,5-7,9-10,12-13,15,17H2,1-4H3,(H,29,30)/b18-8?,19-11+,23-16-/t20-/m0/s1. The molecule has 0 aromatic rings. The first-order valence-electron chi connectivity index (χ1n) is 11.9. The summed E-state index contributed by atoms with van der Waals surface area (Å²) >= 11 is 0. The van der Waals surface area contributed by atoms with Crippen LogP contribution in [0.15, 0.2) is 58.1 Å². The predicted molar refractivity (Wildman–Crippen MR) is 131 cm³/mol. The Bertz CT molecular complexity index is 950. The number of carboxylic acid groups (broad SMARTS) is 1. The molecule has 0 aromatic heterocycles. The zero-order chi connectivity index (χ0) is 25.3. The number of rotatable bonds is 13. The van der Waals surface area contributed by atoms with Crippen molar-refractivity contribution in [3.8, 4) is 0 Å². The third kappa shape index (κ3) is 8.36. The highest BCUT2D eigenvalue weighted by Gasteiger charge is 2.26. The van der Waals surface area contributed by atoms with Crippen LogP contribution >= 0.6 is 0 Å². The van der Waals surface area contributed by atoms with Crippen molar-refractivity contribution in [1.29, 1.82) is 0 Å². The molecule has 2 heterocycles. The van der Waals surface area contributed by atoms with E-state index in [1.54, 1.807) is 6.92 Å². The molecule has 0 radical (unpaired) electrons. The Morgan fingerprint density at radius 1 is 1.18 bits per heavy atom. The van der Waals surface area contributed by atoms with Crippen molar-refractivity contribution in [3.63, 3.8) is 0 Å². The number of nitrogens with zero attached hydrogens (tertiary/aromatic N) is 1. The molecule has 2 aliphatic rings. The van der Waals surface area contributed by atoms with Gasteiger partial charge in [-0.05, 0) is 77.7 Å². The fraction of sp³-hybridized carbons (Fsp3) is 0.519. The second-order valence-corrected chi connectivity index (χ2v) is 9.25. The molecule has 0 aliphatic carbocycles. The van der Waals surface area contributed by atoms with Crippen LogP contribution in [0.1, 0.15) is 72.6 Å². The summed E-state index contributed by atoms with van der Waals surface area (Å²) in [6.45, 7) is 7.98. The smallest absolute Gasteiger partial charge is 0.343 e. The summed E-state index contributed by atoms with van der Waals surface area (Å²) < 4.78 is 5.08. The van der Waals surface area contributed by atoms with E-state index in [9.17, 15) is 19.5 Å². The van der Waals surface area contributed by atoms with E-state index in [0.29, 0.717) is 18.5 Å². The Morgan fingerprint density at radius 2 is 1.85 bits per heavy atom. The second kappa shape index (κ2) is 13.0. The van der Waals surface area contributed by atoms with Crippen molar-refractivity contribution in [1.82, 2.24) is 4.90 Å². The molecule has 34 heavy (non-hydrogen) atoms. The van der Waals surface area contributed by atoms with Crippen LogP contribution in [-0.4, -0.2) is 46.0 Å². The Morgan fingerprint density at radius 3 is 2.50 bits per heavy atom. The summed E-state index contributed by atoms with van der Waals surface area (Å²) in [5, 5.41) is 18.7. The molecule has 0 aromatic carbocycles. The van der Waals surface area contributed by atoms with E-state index >= 15 is 0 Å². The van der Waals surface area contributed by atoms with Gasteiger partial charge >= 0.3 is 11.9 Å². The Kier molecular flexibility index (Phi) is 10.4. The minimum atomic E-state index is -0.988. The van der Waals surface area contributed by atoms with Crippen LogP contribution in [0.3, 0.4) is 0 Å². The number of hydrogen-bond acceptors (Lipinski definition) is 5. The summed E-state index contributed by atoms with van der Waals surface area (Å²) in [5.41, 5.74) is 3.59. The molecule has 1 amide bonds. The molecule has 0 fully saturated rings. The highest BCUT2D eigenvalue weighted by atomic mass is 16.6. The number of allylic oxidation sites excluding steroid dienone is 5. The minimum absolute atomic E-state index is 0.0527. The minimum Gasteiger partial charge on any atom is -0.504 e. The lowest BCUT2D eigenvalue weighted by Crippen LogP contribution is -2.32. The maximum atomic E-state index is 12.1. The Hall–Kier alpha value is -3.09. The number of carboxylic acids is 1. The van der Waals surface area contributed by atoms with Crippen LogP contribution < -0.4 is 0 Å². The Balaban J connectivity index is 1.64. The molecular formula is C27H37NO6. The molecule has 186 valence electrons. The molecule has 2 aliphatic heterocycles. The zero-order valence-electron chi connectivity index (χ0n) is 20.7. The molecule has 1 atom stereocenters. The van der Waals surface area contributed by atoms with E-state index in [-0.39, 0.29) is 35.5 Å². The molecule has 0 saturated carbocycles. The van der Waals surface area contributed by atoms with E-state index in [1.807, 2.05) is 19.1 Å². The zero-order valence-corrected chi connectivity index (χ0v) is 20.7. The van der Waals surface area contributed by atoms with Crippen molar-refractivity contribution in [2.75, 3.05) is 13.1 Å². The average Bonchev–Trinajstić information content (AvgIpc) is 3.21. The van der Waals surface area contributed by atoms with Gasteiger partial charge < -0.3 is 19.8 Å². The van der Waals surface area contributed by atoms with Crippen LogP contribution in [0.4, 0.5) is 0 Å². The van der Waals surface area contributed by atoms with Gasteiger partial charge in [-0.1, -0.05) is 36.3 Å². The quantitative estimate of drug-likeness (QED) is 0.276. The van der Waals surface area contributed by atoms with Crippen LogP contribution in [0.5, 0.6) is 0 Å². The third-order valence-electron chi connectivity index (χ3n) is 6.15. The fourth-order valence-corrected chi connectivity index (χ4v) is 3.99. The van der Waals surface area contributed by atoms with Crippen molar-refractivity contribution in [2.24, 2.45) is 5.92 Å². The summed E-state index contributed by atoms with van der Waals surface area (Å²) in [6, 6.07) is 0. The van der Waals surface area contributed by atoms with Crippen LogP contribution in [-0.2, 0) is 19.1 Å². The lowest BCUT2D eigenvalue weighted by molar-refractivity contribution is -0.142. The van der Waals surface area contributed by atoms with Gasteiger partial charge in [-0.2, -0.15) is 0 Å². The first-order chi connectivity index (χ1) is 16.1. The fourth-order valence-electron chi connectivity index (χ4n) is 3.99. The summed E-state index contributed by atoms with van der Waals surface area (Å²) in [6.07, 6.45) is 14.4. The first-order valence-corrected chi connectivity index (χ1v) is 11.9. The largest absolute Gasteiger partial charge is 0.504 e. The number of carbonyl (C=O) groups excluding carboxylic acids is 2. The van der Waals surface area contributed by atoms with Gasteiger partial charge in [-0.3, -0.25) is 9.59 Å². The molecule has 2 rings (SSSR count). The van der Waals surface area contributed by atoms with Gasteiger partial charge in [0.15, 0.2) is 11.5 Å². The average molecular weight is 472 g/mol. The number of carbonyl (C=O) groups is 3. The van der Waals surface area contributed by atoms with Crippen LogP contribution in [0.25, 0.3) is 0 Å². The molecule has 0 saturated heterocycles. The lowest BCUT2D eigenvalue weighted by Gasteiger charge is -2.13. The van der Waals surface area contributed by atoms with E-state index in [0.717, 1.165) is 38.5 Å².